The Morgan fingerprint density at radius 1 is 0.699 bits per heavy atom. The molecular formula is C63H92N2O18. The first-order valence-corrected chi connectivity index (χ1v) is 28.9. The zero-order chi connectivity index (χ0) is 61.6. The van der Waals surface area contributed by atoms with Gasteiger partial charge in [0.05, 0.1) is 67.6 Å². The van der Waals surface area contributed by atoms with Crippen molar-refractivity contribution in [2.45, 2.75) is 198 Å². The van der Waals surface area contributed by atoms with Crippen LogP contribution in [0.25, 0.3) is 0 Å². The summed E-state index contributed by atoms with van der Waals surface area (Å²) in [6.07, 6.45) is 6.04. The maximum absolute atomic E-state index is 13.3. The summed E-state index contributed by atoms with van der Waals surface area (Å²) in [5.41, 5.74) is 6.69. The van der Waals surface area contributed by atoms with Gasteiger partial charge in [-0.3, -0.25) is 28.8 Å². The molecule has 20 nitrogen and oxygen atoms in total. The van der Waals surface area contributed by atoms with Gasteiger partial charge < -0.3 is 70.9 Å². The molecule has 0 bridgehead atoms. The van der Waals surface area contributed by atoms with Crippen LogP contribution >= 0.6 is 0 Å². The van der Waals surface area contributed by atoms with Crippen LogP contribution in [-0.2, 0) is 42.9 Å². The summed E-state index contributed by atoms with van der Waals surface area (Å²) in [7, 11) is 0. The number of aliphatic hydroxyl groups excluding tert-OH is 8. The van der Waals surface area contributed by atoms with E-state index in [1.165, 1.54) is 13.0 Å². The highest BCUT2D eigenvalue weighted by atomic mass is 16.7. The number of allylic oxidation sites excluding steroid dienone is 12. The van der Waals surface area contributed by atoms with Gasteiger partial charge in [0.1, 0.15) is 41.9 Å². The number of carbonyl (C=O) groups excluding carboxylic acids is 6. The van der Waals surface area contributed by atoms with Crippen LogP contribution in [0.1, 0.15) is 129 Å². The van der Waals surface area contributed by atoms with Crippen molar-refractivity contribution in [1.29, 1.82) is 0 Å². The molecule has 2 aliphatic rings. The Morgan fingerprint density at radius 3 is 1.83 bits per heavy atom. The fourth-order valence-corrected chi connectivity index (χ4v) is 10.0. The van der Waals surface area contributed by atoms with Gasteiger partial charge in [0.25, 0.3) is 0 Å². The number of hydrogen-bond donors (Lipinski definition) is 10. The smallest absolute Gasteiger partial charge is 0.314 e. The molecule has 1 aromatic rings. The van der Waals surface area contributed by atoms with Crippen LogP contribution in [0.3, 0.4) is 0 Å². The number of likely N-dealkylation sites (N-methyl/N-ethyl adjacent to an activating group) is 1. The molecule has 0 saturated carbocycles. The minimum atomic E-state index is -1.81. The van der Waals surface area contributed by atoms with Gasteiger partial charge in [0.2, 0.25) is 0 Å². The third-order valence-electron chi connectivity index (χ3n) is 14.5. The molecule has 2 aliphatic heterocycles. The van der Waals surface area contributed by atoms with Crippen molar-refractivity contribution in [3.63, 3.8) is 0 Å². The lowest BCUT2D eigenvalue weighted by atomic mass is 9.83. The number of cyclic esters (lactones) is 1. The molecule has 83 heavy (non-hydrogen) atoms. The maximum atomic E-state index is 13.3. The SMILES string of the molecule is CCNC1C(O)C(C)OC(OC2C=CC=CC=CC=CC=CC=CC=CC(C)C(C(C)CC(C)C(O)CC(=O)c3ccc(N)cc3)OC(=O)CC(=O)CCCC(=O)CC(O)CC(O)CC(O)CC(=O)CC(O)C(C(=O)OCC)C(O)C2)C1O. The zero-order valence-corrected chi connectivity index (χ0v) is 48.8. The van der Waals surface area contributed by atoms with Crippen LogP contribution < -0.4 is 11.1 Å². The number of ether oxygens (including phenoxy) is 4. The predicted octanol–water partition coefficient (Wildman–Crippen LogP) is 4.74. The van der Waals surface area contributed by atoms with Crippen molar-refractivity contribution in [2.75, 3.05) is 18.9 Å². The molecule has 3 rings (SSSR count). The fraction of sp³-hybridized carbons (Fsp3) is 0.587. The number of carbonyl (C=O) groups is 6. The number of nitrogens with two attached hydrogens (primary N) is 1. The molecule has 0 radical (unpaired) electrons. The van der Waals surface area contributed by atoms with Gasteiger partial charge in [-0.15, -0.1) is 0 Å². The molecule has 17 unspecified atom stereocenters. The van der Waals surface area contributed by atoms with Gasteiger partial charge in [-0.05, 0) is 82.2 Å². The monoisotopic (exact) mass is 1160 g/mol. The number of ketones is 4. The van der Waals surface area contributed by atoms with Crippen molar-refractivity contribution in [3.05, 3.63) is 115 Å². The van der Waals surface area contributed by atoms with E-state index in [0.29, 0.717) is 24.2 Å². The van der Waals surface area contributed by atoms with Gasteiger partial charge in [-0.2, -0.15) is 0 Å². The number of benzene rings is 1. The number of Topliss-reactive ketones (excluding diaryl/α,β-unsaturated/α-hetero) is 4. The normalized spacial score (nSPS) is 30.9. The molecule has 1 aromatic carbocycles. The standard InChI is InChI=1S/C63H92N2O18/c1-7-65-58-59(77)42(6)81-63(60(58)78)82-51-25-20-18-16-14-12-10-9-11-13-15-17-19-22-39(3)61(41(5)30-40(4)52(72)38-53(73)43-26-28-44(64)29-27-43)83-56(76)36-46(67)24-21-23-45(66)31-47(68)32-48(69)33-49(70)34-50(71)35-54(74)57(55(75)37-51)62(79)80-8-2/h9-20,22,25-29,39-42,47-49,51-52,54-55,57-61,63,65,68-70,72,74-75,77-78H,7-8,21,23-24,30-38,64H2,1-6H3. The average Bonchev–Trinajstić information content (AvgIpc) is 3.53. The lowest BCUT2D eigenvalue weighted by Gasteiger charge is -2.42. The third kappa shape index (κ3) is 26.9. The summed E-state index contributed by atoms with van der Waals surface area (Å²) in [6, 6.07) is 5.60. The van der Waals surface area contributed by atoms with E-state index < -0.39 is 140 Å². The molecule has 2 heterocycles. The highest BCUT2D eigenvalue weighted by molar-refractivity contribution is 5.97. The van der Waals surface area contributed by atoms with Crippen LogP contribution in [0.4, 0.5) is 5.69 Å². The Hall–Kier alpha value is -5.62. The first-order chi connectivity index (χ1) is 39.4. The summed E-state index contributed by atoms with van der Waals surface area (Å²) >= 11 is 0. The van der Waals surface area contributed by atoms with Crippen molar-refractivity contribution in [1.82, 2.24) is 5.32 Å². The fourth-order valence-electron chi connectivity index (χ4n) is 10.0. The number of nitrogen functional groups attached to an aromatic ring is 1. The molecule has 1 saturated heterocycles. The lowest BCUT2D eigenvalue weighted by molar-refractivity contribution is -0.281. The Kier molecular flexibility index (Phi) is 33.1. The van der Waals surface area contributed by atoms with Gasteiger partial charge >= 0.3 is 11.9 Å². The first kappa shape index (κ1) is 71.6. The summed E-state index contributed by atoms with van der Waals surface area (Å²) in [5, 5.41) is 91.1. The molecule has 0 spiro atoms. The highest BCUT2D eigenvalue weighted by Crippen LogP contribution is 2.30. The zero-order valence-electron chi connectivity index (χ0n) is 48.8. The van der Waals surface area contributed by atoms with Crippen LogP contribution in [0.2, 0.25) is 0 Å². The van der Waals surface area contributed by atoms with E-state index in [0.717, 1.165) is 0 Å². The number of hydrogen-bond acceptors (Lipinski definition) is 20. The molecular weight excluding hydrogens is 1070 g/mol. The van der Waals surface area contributed by atoms with Crippen LogP contribution in [-0.4, -0.2) is 169 Å². The second-order valence-electron chi connectivity index (χ2n) is 21.8. The van der Waals surface area contributed by atoms with E-state index in [4.69, 9.17) is 24.7 Å². The van der Waals surface area contributed by atoms with Crippen LogP contribution in [0, 0.1) is 23.7 Å². The lowest BCUT2D eigenvalue weighted by Crippen LogP contribution is -2.63. The molecule has 1 fully saturated rings. The Balaban J connectivity index is 1.87. The van der Waals surface area contributed by atoms with E-state index in [-0.39, 0.29) is 75.1 Å². The van der Waals surface area contributed by atoms with Crippen LogP contribution in [0.5, 0.6) is 0 Å². The average molecular weight is 1170 g/mol. The molecule has 0 aliphatic carbocycles. The Morgan fingerprint density at radius 2 is 1.25 bits per heavy atom. The summed E-state index contributed by atoms with van der Waals surface area (Å²) in [4.78, 5) is 78.6. The van der Waals surface area contributed by atoms with E-state index in [1.54, 1.807) is 111 Å². The number of aliphatic hydroxyl groups is 8. The maximum Gasteiger partial charge on any atom is 0.314 e. The van der Waals surface area contributed by atoms with E-state index in [9.17, 15) is 69.6 Å². The summed E-state index contributed by atoms with van der Waals surface area (Å²) in [6.45, 7) is 10.7. The highest BCUT2D eigenvalue weighted by Gasteiger charge is 2.45. The van der Waals surface area contributed by atoms with E-state index >= 15 is 0 Å². The largest absolute Gasteiger partial charge is 0.466 e. The van der Waals surface area contributed by atoms with E-state index in [1.807, 2.05) is 26.8 Å². The number of esters is 2. The minimum Gasteiger partial charge on any atom is -0.466 e. The molecule has 0 amide bonds. The van der Waals surface area contributed by atoms with Crippen molar-refractivity contribution >= 4 is 40.8 Å². The first-order valence-electron chi connectivity index (χ1n) is 28.9. The Bertz CT molecular complexity index is 2380. The van der Waals surface area contributed by atoms with Crippen LogP contribution in [0.15, 0.2) is 109 Å². The number of rotatable bonds is 13. The predicted molar refractivity (Wildman–Crippen MR) is 312 cm³/mol. The van der Waals surface area contributed by atoms with Crippen molar-refractivity contribution in [2.24, 2.45) is 23.7 Å². The second-order valence-corrected chi connectivity index (χ2v) is 21.8. The molecule has 462 valence electrons. The molecule has 11 N–H and O–H groups in total. The summed E-state index contributed by atoms with van der Waals surface area (Å²) < 4.78 is 23.2. The second kappa shape index (κ2) is 38.4. The van der Waals surface area contributed by atoms with Crippen molar-refractivity contribution < 1.29 is 88.6 Å². The van der Waals surface area contributed by atoms with Crippen molar-refractivity contribution in [3.8, 4) is 0 Å². The molecule has 17 atom stereocenters. The summed E-state index contributed by atoms with van der Waals surface area (Å²) in [5.74, 6) is -6.41. The topological polar surface area (TPSA) is 339 Å². The number of anilines is 1. The Labute approximate surface area is 488 Å². The molecule has 0 aromatic heterocycles. The van der Waals surface area contributed by atoms with Gasteiger partial charge in [-0.25, -0.2) is 0 Å². The number of nitrogens with one attached hydrogen (secondary N) is 1. The van der Waals surface area contributed by atoms with Gasteiger partial charge in [0, 0.05) is 62.1 Å². The third-order valence-corrected chi connectivity index (χ3v) is 14.5. The minimum absolute atomic E-state index is 0.0720. The van der Waals surface area contributed by atoms with Gasteiger partial charge in [0.15, 0.2) is 12.1 Å². The molecule has 20 heteroatoms. The quantitative estimate of drug-likeness (QED) is 0.0552. The van der Waals surface area contributed by atoms with E-state index in [2.05, 4.69) is 5.32 Å². The van der Waals surface area contributed by atoms with Gasteiger partial charge in [-0.1, -0.05) is 113 Å².